The molecule has 0 aliphatic rings. The van der Waals surface area contributed by atoms with Crippen molar-refractivity contribution in [2.24, 2.45) is 11.5 Å². The Hall–Kier alpha value is -2.28. The molecule has 2 atom stereocenters. The first-order valence-electron chi connectivity index (χ1n) is 8.81. The zero-order valence-electron chi connectivity index (χ0n) is 15.7. The molecule has 26 heavy (non-hydrogen) atoms. The van der Waals surface area contributed by atoms with E-state index < -0.39 is 6.23 Å². The van der Waals surface area contributed by atoms with Crippen LogP contribution in [0.15, 0.2) is 36.4 Å². The number of nitrogens with two attached hydrogens (primary N) is 2. The van der Waals surface area contributed by atoms with Gasteiger partial charge in [0, 0.05) is 18.3 Å². The second-order valence-corrected chi connectivity index (χ2v) is 6.27. The SMILES string of the molecule is CCOc1cc(C(N)CN)ccc1OCC(O)Nc1cc(C)ccc1C. The van der Waals surface area contributed by atoms with E-state index in [1.165, 1.54) is 0 Å². The molecule has 2 unspecified atom stereocenters. The van der Waals surface area contributed by atoms with Gasteiger partial charge >= 0.3 is 0 Å². The van der Waals surface area contributed by atoms with Crippen LogP contribution in [-0.2, 0) is 0 Å². The summed E-state index contributed by atoms with van der Waals surface area (Å²) in [6.45, 7) is 6.83. The van der Waals surface area contributed by atoms with E-state index in [1.54, 1.807) is 6.07 Å². The Labute approximate surface area is 155 Å². The molecule has 6 heteroatoms. The molecule has 0 bridgehead atoms. The van der Waals surface area contributed by atoms with Gasteiger partial charge in [-0.05, 0) is 55.7 Å². The van der Waals surface area contributed by atoms with Crippen molar-refractivity contribution in [2.75, 3.05) is 25.1 Å². The fraction of sp³-hybridized carbons (Fsp3) is 0.400. The topological polar surface area (TPSA) is 103 Å². The van der Waals surface area contributed by atoms with Gasteiger partial charge in [-0.3, -0.25) is 0 Å². The van der Waals surface area contributed by atoms with E-state index in [4.69, 9.17) is 20.9 Å². The van der Waals surface area contributed by atoms with Crippen molar-refractivity contribution in [1.82, 2.24) is 0 Å². The quantitative estimate of drug-likeness (QED) is 0.513. The Morgan fingerprint density at radius 2 is 1.85 bits per heavy atom. The lowest BCUT2D eigenvalue weighted by Gasteiger charge is -2.19. The minimum absolute atomic E-state index is 0.0791. The number of aryl methyl sites for hydroxylation is 2. The Morgan fingerprint density at radius 1 is 1.08 bits per heavy atom. The van der Waals surface area contributed by atoms with Crippen LogP contribution in [0.4, 0.5) is 5.69 Å². The lowest BCUT2D eigenvalue weighted by molar-refractivity contribution is 0.126. The lowest BCUT2D eigenvalue weighted by atomic mass is 10.1. The van der Waals surface area contributed by atoms with E-state index in [0.717, 1.165) is 22.4 Å². The van der Waals surface area contributed by atoms with Crippen LogP contribution in [0, 0.1) is 13.8 Å². The third kappa shape index (κ3) is 5.36. The molecule has 6 N–H and O–H groups in total. The molecule has 0 saturated heterocycles. The van der Waals surface area contributed by atoms with E-state index in [0.29, 0.717) is 24.7 Å². The molecular weight excluding hydrogens is 330 g/mol. The van der Waals surface area contributed by atoms with Gasteiger partial charge in [0.15, 0.2) is 17.7 Å². The van der Waals surface area contributed by atoms with E-state index in [1.807, 2.05) is 51.1 Å². The number of benzene rings is 2. The summed E-state index contributed by atoms with van der Waals surface area (Å²) in [6.07, 6.45) is -0.851. The predicted octanol–water partition coefficient (Wildman–Crippen LogP) is 2.47. The Bertz CT molecular complexity index is 721. The number of hydrogen-bond acceptors (Lipinski definition) is 6. The van der Waals surface area contributed by atoms with Crippen molar-refractivity contribution in [2.45, 2.75) is 33.0 Å². The number of ether oxygens (including phenoxy) is 2. The second kappa shape index (κ2) is 9.43. The number of nitrogens with one attached hydrogen (secondary N) is 1. The van der Waals surface area contributed by atoms with Crippen LogP contribution in [0.5, 0.6) is 11.5 Å². The van der Waals surface area contributed by atoms with Crippen LogP contribution in [0.3, 0.4) is 0 Å². The third-order valence-corrected chi connectivity index (χ3v) is 4.06. The molecular formula is C20H29N3O3. The molecule has 0 aliphatic heterocycles. The zero-order chi connectivity index (χ0) is 19.1. The molecule has 2 aromatic rings. The van der Waals surface area contributed by atoms with Gasteiger partial charge in [0.1, 0.15) is 6.61 Å². The maximum Gasteiger partial charge on any atom is 0.161 e. The fourth-order valence-electron chi connectivity index (χ4n) is 2.56. The van der Waals surface area contributed by atoms with Gasteiger partial charge in [-0.1, -0.05) is 18.2 Å². The van der Waals surface area contributed by atoms with Crippen molar-refractivity contribution in [3.05, 3.63) is 53.1 Å². The highest BCUT2D eigenvalue weighted by Gasteiger charge is 2.13. The van der Waals surface area contributed by atoms with Crippen molar-refractivity contribution in [3.8, 4) is 11.5 Å². The van der Waals surface area contributed by atoms with Gasteiger partial charge in [-0.25, -0.2) is 0 Å². The predicted molar refractivity (Wildman–Crippen MR) is 105 cm³/mol. The average molecular weight is 359 g/mol. The zero-order valence-corrected chi connectivity index (χ0v) is 15.7. The molecule has 0 spiro atoms. The monoisotopic (exact) mass is 359 g/mol. The first-order chi connectivity index (χ1) is 12.4. The summed E-state index contributed by atoms with van der Waals surface area (Å²) in [7, 11) is 0. The smallest absolute Gasteiger partial charge is 0.161 e. The molecule has 2 aromatic carbocycles. The Morgan fingerprint density at radius 3 is 2.54 bits per heavy atom. The minimum Gasteiger partial charge on any atom is -0.490 e. The number of aliphatic hydroxyl groups is 1. The van der Waals surface area contributed by atoms with E-state index >= 15 is 0 Å². The first-order valence-corrected chi connectivity index (χ1v) is 8.81. The number of rotatable bonds is 9. The van der Waals surface area contributed by atoms with Gasteiger partial charge < -0.3 is 31.4 Å². The van der Waals surface area contributed by atoms with Gasteiger partial charge in [-0.2, -0.15) is 0 Å². The second-order valence-electron chi connectivity index (χ2n) is 6.27. The molecule has 0 heterocycles. The van der Waals surface area contributed by atoms with Crippen LogP contribution in [0.25, 0.3) is 0 Å². The molecule has 142 valence electrons. The summed E-state index contributed by atoms with van der Waals surface area (Å²) in [5.74, 6) is 1.15. The summed E-state index contributed by atoms with van der Waals surface area (Å²) in [4.78, 5) is 0. The van der Waals surface area contributed by atoms with E-state index in [9.17, 15) is 5.11 Å². The molecule has 0 aliphatic carbocycles. The molecule has 0 amide bonds. The summed E-state index contributed by atoms with van der Waals surface area (Å²) >= 11 is 0. The van der Waals surface area contributed by atoms with Crippen LogP contribution in [-0.4, -0.2) is 31.1 Å². The molecule has 0 aromatic heterocycles. The molecule has 2 rings (SSSR count). The molecule has 0 radical (unpaired) electrons. The van der Waals surface area contributed by atoms with Crippen LogP contribution in [0.2, 0.25) is 0 Å². The maximum absolute atomic E-state index is 10.3. The summed E-state index contributed by atoms with van der Waals surface area (Å²) in [6, 6.07) is 11.3. The standard InChI is InChI=1S/C20H29N3O3/c1-4-25-19-10-15(16(22)11-21)7-8-18(19)26-12-20(24)23-17-9-13(2)5-6-14(17)3/h5-10,16,20,23-24H,4,11-12,21-22H2,1-3H3. The maximum atomic E-state index is 10.3. The third-order valence-electron chi connectivity index (χ3n) is 4.06. The number of hydrogen-bond donors (Lipinski definition) is 4. The average Bonchev–Trinajstić information content (AvgIpc) is 2.63. The molecule has 0 fully saturated rings. The van der Waals surface area contributed by atoms with Gasteiger partial charge in [0.05, 0.1) is 6.61 Å². The first kappa shape index (κ1) is 20.0. The fourth-order valence-corrected chi connectivity index (χ4v) is 2.56. The van der Waals surface area contributed by atoms with Crippen LogP contribution in [0.1, 0.15) is 29.7 Å². The lowest BCUT2D eigenvalue weighted by Crippen LogP contribution is -2.27. The molecule has 6 nitrogen and oxygen atoms in total. The normalized spacial score (nSPS) is 13.2. The highest BCUT2D eigenvalue weighted by atomic mass is 16.5. The Balaban J connectivity index is 2.04. The Kier molecular flexibility index (Phi) is 7.26. The van der Waals surface area contributed by atoms with Crippen LogP contribution < -0.4 is 26.3 Å². The van der Waals surface area contributed by atoms with Crippen LogP contribution >= 0.6 is 0 Å². The minimum atomic E-state index is -0.851. The number of anilines is 1. The molecule has 0 saturated carbocycles. The van der Waals surface area contributed by atoms with Gasteiger partial charge in [-0.15, -0.1) is 0 Å². The number of aliphatic hydroxyl groups excluding tert-OH is 1. The van der Waals surface area contributed by atoms with Crippen molar-refractivity contribution < 1.29 is 14.6 Å². The van der Waals surface area contributed by atoms with Crippen molar-refractivity contribution in [3.63, 3.8) is 0 Å². The largest absolute Gasteiger partial charge is 0.490 e. The van der Waals surface area contributed by atoms with E-state index in [-0.39, 0.29) is 12.6 Å². The van der Waals surface area contributed by atoms with Gasteiger partial charge in [0.25, 0.3) is 0 Å². The van der Waals surface area contributed by atoms with Gasteiger partial charge in [0.2, 0.25) is 0 Å². The van der Waals surface area contributed by atoms with E-state index in [2.05, 4.69) is 5.32 Å². The van der Waals surface area contributed by atoms with Crippen molar-refractivity contribution >= 4 is 5.69 Å². The van der Waals surface area contributed by atoms with Crippen molar-refractivity contribution in [1.29, 1.82) is 0 Å². The summed E-state index contributed by atoms with van der Waals surface area (Å²) in [5.41, 5.74) is 15.5. The summed E-state index contributed by atoms with van der Waals surface area (Å²) < 4.78 is 11.4. The highest BCUT2D eigenvalue weighted by molar-refractivity contribution is 5.52. The summed E-state index contributed by atoms with van der Waals surface area (Å²) in [5, 5.41) is 13.3. The highest BCUT2D eigenvalue weighted by Crippen LogP contribution is 2.30.